The van der Waals surface area contributed by atoms with Crippen LogP contribution in [0, 0.1) is 5.41 Å². The maximum atomic E-state index is 5.37. The van der Waals surface area contributed by atoms with Crippen LogP contribution in [0.5, 0.6) is 0 Å². The van der Waals surface area contributed by atoms with Crippen LogP contribution in [0.1, 0.15) is 57.8 Å². The van der Waals surface area contributed by atoms with Gasteiger partial charge in [0.2, 0.25) is 5.89 Å². The van der Waals surface area contributed by atoms with Gasteiger partial charge in [0.15, 0.2) is 5.82 Å². The molecule has 0 amide bonds. The average molecular weight is 223 g/mol. The highest BCUT2D eigenvalue weighted by molar-refractivity contribution is 5.01. The van der Waals surface area contributed by atoms with E-state index >= 15 is 0 Å². The third kappa shape index (κ3) is 2.26. The van der Waals surface area contributed by atoms with Crippen molar-refractivity contribution in [3.63, 3.8) is 0 Å². The van der Waals surface area contributed by atoms with E-state index in [1.54, 1.807) is 0 Å². The number of aryl methyl sites for hydroxylation is 1. The van der Waals surface area contributed by atoms with Crippen molar-refractivity contribution in [2.45, 2.75) is 52.5 Å². The fraction of sp³-hybridized carbons (Fsp3) is 0.833. The number of hydrogen-bond donors (Lipinski definition) is 1. The van der Waals surface area contributed by atoms with E-state index < -0.39 is 0 Å². The third-order valence-corrected chi connectivity index (χ3v) is 3.33. The molecule has 1 fully saturated rings. The molecule has 2 rings (SSSR count). The van der Waals surface area contributed by atoms with Gasteiger partial charge < -0.3 is 9.84 Å². The van der Waals surface area contributed by atoms with E-state index in [1.165, 1.54) is 12.8 Å². The zero-order chi connectivity index (χ0) is 11.6. The van der Waals surface area contributed by atoms with Gasteiger partial charge in [0.05, 0.1) is 6.04 Å². The molecule has 0 spiro atoms. The van der Waals surface area contributed by atoms with Crippen LogP contribution in [0.2, 0.25) is 0 Å². The summed E-state index contributed by atoms with van der Waals surface area (Å²) >= 11 is 0. The second kappa shape index (κ2) is 4.53. The van der Waals surface area contributed by atoms with Crippen molar-refractivity contribution >= 4 is 0 Å². The normalized spacial score (nSPS) is 24.6. The lowest BCUT2D eigenvalue weighted by Crippen LogP contribution is -2.39. The minimum absolute atomic E-state index is 0.203. The van der Waals surface area contributed by atoms with E-state index in [9.17, 15) is 0 Å². The van der Waals surface area contributed by atoms with Gasteiger partial charge in [-0.3, -0.25) is 0 Å². The first-order valence-electron chi connectivity index (χ1n) is 6.19. The van der Waals surface area contributed by atoms with Crippen LogP contribution in [-0.4, -0.2) is 16.7 Å². The van der Waals surface area contributed by atoms with Crippen LogP contribution < -0.4 is 5.32 Å². The Labute approximate surface area is 96.8 Å². The summed E-state index contributed by atoms with van der Waals surface area (Å²) in [5, 5.41) is 7.51. The lowest BCUT2D eigenvalue weighted by atomic mass is 9.77. The maximum absolute atomic E-state index is 5.37. The van der Waals surface area contributed by atoms with Crippen molar-refractivity contribution in [2.75, 3.05) is 6.54 Å². The van der Waals surface area contributed by atoms with Gasteiger partial charge in [-0.05, 0) is 31.2 Å². The van der Waals surface area contributed by atoms with Crippen molar-refractivity contribution in [3.05, 3.63) is 11.7 Å². The smallest absolute Gasteiger partial charge is 0.244 e. The average Bonchev–Trinajstić information content (AvgIpc) is 2.66. The van der Waals surface area contributed by atoms with Gasteiger partial charge in [0.25, 0.3) is 0 Å². The zero-order valence-electron chi connectivity index (χ0n) is 10.4. The zero-order valence-corrected chi connectivity index (χ0v) is 10.4. The number of rotatable bonds is 3. The summed E-state index contributed by atoms with van der Waals surface area (Å²) in [6.07, 6.45) is 4.38. The predicted octanol–water partition coefficient (Wildman–Crippen LogP) is 2.47. The van der Waals surface area contributed by atoms with E-state index in [1.807, 2.05) is 0 Å². The molecule has 1 aromatic heterocycles. The molecule has 1 atom stereocenters. The maximum Gasteiger partial charge on any atom is 0.244 e. The molecule has 0 aliphatic carbocycles. The van der Waals surface area contributed by atoms with E-state index in [2.05, 4.69) is 36.2 Å². The summed E-state index contributed by atoms with van der Waals surface area (Å²) in [7, 11) is 0. The summed E-state index contributed by atoms with van der Waals surface area (Å²) < 4.78 is 5.37. The predicted molar refractivity (Wildman–Crippen MR) is 62.1 cm³/mol. The molecular formula is C12H21N3O. The lowest BCUT2D eigenvalue weighted by Gasteiger charge is -2.36. The number of nitrogens with zero attached hydrogens (tertiary/aromatic N) is 2. The Morgan fingerprint density at radius 1 is 1.50 bits per heavy atom. The van der Waals surface area contributed by atoms with Gasteiger partial charge in [-0.15, -0.1) is 0 Å². The molecule has 0 bridgehead atoms. The van der Waals surface area contributed by atoms with Crippen molar-refractivity contribution in [1.82, 2.24) is 15.5 Å². The van der Waals surface area contributed by atoms with Crippen molar-refractivity contribution in [1.29, 1.82) is 0 Å². The Morgan fingerprint density at radius 3 is 3.00 bits per heavy atom. The molecule has 4 nitrogen and oxygen atoms in total. The van der Waals surface area contributed by atoms with Gasteiger partial charge in [-0.25, -0.2) is 0 Å². The molecule has 16 heavy (non-hydrogen) atoms. The fourth-order valence-corrected chi connectivity index (χ4v) is 2.34. The first kappa shape index (κ1) is 11.6. The van der Waals surface area contributed by atoms with Crippen LogP contribution in [0.15, 0.2) is 4.52 Å². The van der Waals surface area contributed by atoms with E-state index in [0.717, 1.165) is 31.1 Å². The fourth-order valence-electron chi connectivity index (χ4n) is 2.34. The number of nitrogens with one attached hydrogen (secondary N) is 1. The summed E-state index contributed by atoms with van der Waals surface area (Å²) in [5.74, 6) is 1.59. The quantitative estimate of drug-likeness (QED) is 0.855. The Kier molecular flexibility index (Phi) is 3.28. The minimum Gasteiger partial charge on any atom is -0.338 e. The summed E-state index contributed by atoms with van der Waals surface area (Å²) in [4.78, 5) is 4.48. The van der Waals surface area contributed by atoms with Crippen molar-refractivity contribution < 1.29 is 4.52 Å². The molecule has 1 saturated heterocycles. The molecule has 2 heterocycles. The first-order valence-corrected chi connectivity index (χ1v) is 6.19. The molecule has 1 aliphatic rings. The molecule has 0 radical (unpaired) electrons. The van der Waals surface area contributed by atoms with Crippen LogP contribution in [0.4, 0.5) is 0 Å². The second-order valence-electron chi connectivity index (χ2n) is 5.28. The van der Waals surface area contributed by atoms with E-state index in [-0.39, 0.29) is 11.5 Å². The Bertz CT molecular complexity index is 346. The van der Waals surface area contributed by atoms with E-state index in [4.69, 9.17) is 4.52 Å². The van der Waals surface area contributed by atoms with Crippen molar-refractivity contribution in [3.8, 4) is 0 Å². The standard InChI is InChI=1S/C12H21N3O/c1-4-6-9-14-11(16-15-9)10-12(2,3)7-5-8-13-10/h10,13H,4-8H2,1-3H3. The monoisotopic (exact) mass is 223 g/mol. The Balaban J connectivity index is 2.15. The number of piperidine rings is 1. The third-order valence-electron chi connectivity index (χ3n) is 3.33. The largest absolute Gasteiger partial charge is 0.338 e. The highest BCUT2D eigenvalue weighted by atomic mass is 16.5. The highest BCUT2D eigenvalue weighted by Gasteiger charge is 2.36. The molecule has 1 N–H and O–H groups in total. The highest BCUT2D eigenvalue weighted by Crippen LogP contribution is 2.39. The molecule has 1 aromatic rings. The molecule has 4 heteroatoms. The Morgan fingerprint density at radius 2 is 2.31 bits per heavy atom. The Hall–Kier alpha value is -0.900. The SMILES string of the molecule is CCCc1noc(C2NCCCC2(C)C)n1. The molecule has 0 aromatic carbocycles. The summed E-state index contributed by atoms with van der Waals surface area (Å²) in [6.45, 7) is 7.68. The van der Waals surface area contributed by atoms with Gasteiger partial charge in [-0.2, -0.15) is 4.98 Å². The van der Waals surface area contributed by atoms with Crippen LogP contribution in [-0.2, 0) is 6.42 Å². The van der Waals surface area contributed by atoms with Crippen LogP contribution in [0.25, 0.3) is 0 Å². The topological polar surface area (TPSA) is 51.0 Å². The number of hydrogen-bond acceptors (Lipinski definition) is 4. The van der Waals surface area contributed by atoms with Gasteiger partial charge in [0.1, 0.15) is 0 Å². The molecule has 0 saturated carbocycles. The van der Waals surface area contributed by atoms with Crippen molar-refractivity contribution in [2.24, 2.45) is 5.41 Å². The first-order chi connectivity index (χ1) is 7.63. The van der Waals surface area contributed by atoms with Crippen LogP contribution in [0.3, 0.4) is 0 Å². The lowest BCUT2D eigenvalue weighted by molar-refractivity contribution is 0.146. The molecule has 90 valence electrons. The number of aromatic nitrogens is 2. The minimum atomic E-state index is 0.203. The molecule has 1 aliphatic heterocycles. The summed E-state index contributed by atoms with van der Waals surface area (Å²) in [5.41, 5.74) is 0.203. The van der Waals surface area contributed by atoms with Gasteiger partial charge >= 0.3 is 0 Å². The summed E-state index contributed by atoms with van der Waals surface area (Å²) in [6, 6.07) is 0.208. The van der Waals surface area contributed by atoms with Crippen LogP contribution >= 0.6 is 0 Å². The molecular weight excluding hydrogens is 202 g/mol. The van der Waals surface area contributed by atoms with E-state index in [0.29, 0.717) is 0 Å². The second-order valence-corrected chi connectivity index (χ2v) is 5.28. The van der Waals surface area contributed by atoms with Gasteiger partial charge in [-0.1, -0.05) is 25.9 Å². The molecule has 1 unspecified atom stereocenters. The van der Waals surface area contributed by atoms with Gasteiger partial charge in [0, 0.05) is 6.42 Å².